The Morgan fingerprint density at radius 3 is 3.00 bits per heavy atom. The zero-order chi connectivity index (χ0) is 11.4. The summed E-state index contributed by atoms with van der Waals surface area (Å²) in [5, 5.41) is 11.1. The van der Waals surface area contributed by atoms with Gasteiger partial charge in [-0.25, -0.2) is 0 Å². The summed E-state index contributed by atoms with van der Waals surface area (Å²) < 4.78 is 5.31. The van der Waals surface area contributed by atoms with E-state index in [1.54, 1.807) is 18.4 Å². The molecule has 0 aliphatic heterocycles. The fraction of sp³-hybridized carbons (Fsp3) is 0.667. The lowest BCUT2D eigenvalue weighted by Crippen LogP contribution is -2.28. The van der Waals surface area contributed by atoms with Gasteiger partial charge in [0.15, 0.2) is 0 Å². The van der Waals surface area contributed by atoms with Crippen LogP contribution in [0.1, 0.15) is 17.7 Å². The standard InChI is InChI=1S/C12H19NO2S/c1-15-11-4-7-16-12(11)9-13(5-6-14)8-10-2-3-10/h4,7,10,14H,2-3,5-6,8-9H2,1H3. The first-order valence-corrected chi connectivity index (χ1v) is 6.65. The van der Waals surface area contributed by atoms with Crippen LogP contribution in [0, 0.1) is 5.92 Å². The van der Waals surface area contributed by atoms with Crippen LogP contribution in [0.25, 0.3) is 0 Å². The maximum absolute atomic E-state index is 9.06. The second kappa shape index (κ2) is 5.66. The molecule has 1 aliphatic carbocycles. The van der Waals surface area contributed by atoms with Gasteiger partial charge in [-0.05, 0) is 30.2 Å². The Morgan fingerprint density at radius 2 is 2.38 bits per heavy atom. The minimum absolute atomic E-state index is 0.237. The van der Waals surface area contributed by atoms with E-state index in [4.69, 9.17) is 9.84 Å². The summed E-state index contributed by atoms with van der Waals surface area (Å²) in [6, 6.07) is 2.01. The lowest BCUT2D eigenvalue weighted by atomic mass is 10.3. The number of methoxy groups -OCH3 is 1. The number of hydrogen-bond donors (Lipinski definition) is 1. The third-order valence-corrected chi connectivity index (χ3v) is 3.81. The van der Waals surface area contributed by atoms with E-state index in [1.807, 2.05) is 6.07 Å². The van der Waals surface area contributed by atoms with Crippen LogP contribution in [-0.4, -0.2) is 36.8 Å². The summed E-state index contributed by atoms with van der Waals surface area (Å²) in [7, 11) is 1.71. The van der Waals surface area contributed by atoms with Gasteiger partial charge in [-0.3, -0.25) is 4.90 Å². The molecule has 3 nitrogen and oxygen atoms in total. The molecule has 0 bridgehead atoms. The molecule has 0 unspecified atom stereocenters. The first-order valence-electron chi connectivity index (χ1n) is 5.77. The monoisotopic (exact) mass is 241 g/mol. The van der Waals surface area contributed by atoms with E-state index in [0.29, 0.717) is 0 Å². The molecule has 0 radical (unpaired) electrons. The minimum atomic E-state index is 0.237. The van der Waals surface area contributed by atoms with E-state index in [0.717, 1.165) is 31.3 Å². The smallest absolute Gasteiger partial charge is 0.134 e. The zero-order valence-corrected chi connectivity index (χ0v) is 10.5. The molecule has 1 N–H and O–H groups in total. The van der Waals surface area contributed by atoms with Crippen molar-refractivity contribution in [2.24, 2.45) is 5.92 Å². The van der Waals surface area contributed by atoms with Crippen molar-refractivity contribution in [1.29, 1.82) is 0 Å². The maximum atomic E-state index is 9.06. The molecule has 1 fully saturated rings. The highest BCUT2D eigenvalue weighted by atomic mass is 32.1. The first kappa shape index (κ1) is 11.9. The van der Waals surface area contributed by atoms with Crippen LogP contribution in [0.4, 0.5) is 0 Å². The van der Waals surface area contributed by atoms with Crippen molar-refractivity contribution in [3.8, 4) is 5.75 Å². The van der Waals surface area contributed by atoms with Crippen molar-refractivity contribution < 1.29 is 9.84 Å². The molecular weight excluding hydrogens is 222 g/mol. The minimum Gasteiger partial charge on any atom is -0.496 e. The highest BCUT2D eigenvalue weighted by Gasteiger charge is 2.24. The Bertz CT molecular complexity index is 323. The van der Waals surface area contributed by atoms with Gasteiger partial charge < -0.3 is 9.84 Å². The van der Waals surface area contributed by atoms with Gasteiger partial charge in [0.1, 0.15) is 5.75 Å². The predicted octanol–water partition coefficient (Wildman–Crippen LogP) is 1.96. The number of aliphatic hydroxyl groups excluding tert-OH is 1. The molecule has 2 rings (SSSR count). The lowest BCUT2D eigenvalue weighted by Gasteiger charge is -2.20. The molecule has 16 heavy (non-hydrogen) atoms. The third kappa shape index (κ3) is 3.20. The van der Waals surface area contributed by atoms with Crippen molar-refractivity contribution in [3.63, 3.8) is 0 Å². The summed E-state index contributed by atoms with van der Waals surface area (Å²) in [6.45, 7) is 3.01. The second-order valence-electron chi connectivity index (χ2n) is 4.31. The summed E-state index contributed by atoms with van der Waals surface area (Å²) in [5.74, 6) is 1.83. The van der Waals surface area contributed by atoms with Gasteiger partial charge >= 0.3 is 0 Å². The van der Waals surface area contributed by atoms with Crippen LogP contribution in [0.2, 0.25) is 0 Å². The zero-order valence-electron chi connectivity index (χ0n) is 9.69. The van der Waals surface area contributed by atoms with Crippen molar-refractivity contribution in [2.45, 2.75) is 19.4 Å². The van der Waals surface area contributed by atoms with Crippen molar-refractivity contribution >= 4 is 11.3 Å². The van der Waals surface area contributed by atoms with Gasteiger partial charge in [0.2, 0.25) is 0 Å². The summed E-state index contributed by atoms with van der Waals surface area (Å²) in [4.78, 5) is 3.59. The number of ether oxygens (including phenoxy) is 1. The van der Waals surface area contributed by atoms with E-state index in [2.05, 4.69) is 10.3 Å². The van der Waals surface area contributed by atoms with Gasteiger partial charge in [-0.1, -0.05) is 0 Å². The molecule has 1 aromatic heterocycles. The average Bonchev–Trinajstić information content (AvgIpc) is 2.96. The van der Waals surface area contributed by atoms with Crippen LogP contribution in [0.15, 0.2) is 11.4 Å². The second-order valence-corrected chi connectivity index (χ2v) is 5.31. The molecule has 0 aromatic carbocycles. The number of hydrogen-bond acceptors (Lipinski definition) is 4. The molecule has 0 atom stereocenters. The molecule has 0 saturated heterocycles. The molecule has 1 saturated carbocycles. The lowest BCUT2D eigenvalue weighted by molar-refractivity contribution is 0.184. The predicted molar refractivity (Wildman–Crippen MR) is 66.0 cm³/mol. The number of aliphatic hydroxyl groups is 1. The Balaban J connectivity index is 1.92. The largest absolute Gasteiger partial charge is 0.496 e. The molecule has 1 aromatic rings. The Kier molecular flexibility index (Phi) is 4.21. The van der Waals surface area contributed by atoms with Crippen LogP contribution in [0.3, 0.4) is 0 Å². The molecular formula is C12H19NO2S. The molecule has 90 valence electrons. The number of rotatable bonds is 7. The van der Waals surface area contributed by atoms with Gasteiger partial charge in [0, 0.05) is 19.6 Å². The fourth-order valence-electron chi connectivity index (χ4n) is 1.87. The SMILES string of the molecule is COc1ccsc1CN(CCO)CC1CC1. The average molecular weight is 241 g/mol. The Labute approximate surface area is 101 Å². The molecule has 0 amide bonds. The van der Waals surface area contributed by atoms with Crippen LogP contribution in [-0.2, 0) is 6.54 Å². The maximum Gasteiger partial charge on any atom is 0.134 e. The van der Waals surface area contributed by atoms with E-state index >= 15 is 0 Å². The summed E-state index contributed by atoms with van der Waals surface area (Å²) >= 11 is 1.73. The third-order valence-electron chi connectivity index (χ3n) is 2.92. The number of thiophene rings is 1. The topological polar surface area (TPSA) is 32.7 Å². The molecule has 4 heteroatoms. The van der Waals surface area contributed by atoms with E-state index in [9.17, 15) is 0 Å². The van der Waals surface area contributed by atoms with Crippen molar-refractivity contribution in [1.82, 2.24) is 4.90 Å². The first-order chi connectivity index (χ1) is 7.83. The van der Waals surface area contributed by atoms with Crippen LogP contribution >= 0.6 is 11.3 Å². The Morgan fingerprint density at radius 1 is 1.56 bits per heavy atom. The molecule has 1 aliphatic rings. The van der Waals surface area contributed by atoms with Crippen LogP contribution in [0.5, 0.6) is 5.75 Å². The van der Waals surface area contributed by atoms with Crippen molar-refractivity contribution in [3.05, 3.63) is 16.3 Å². The Hall–Kier alpha value is -0.580. The normalized spacial score (nSPS) is 15.7. The molecule has 0 spiro atoms. The van der Waals surface area contributed by atoms with Gasteiger partial charge in [0.25, 0.3) is 0 Å². The highest BCUT2D eigenvalue weighted by molar-refractivity contribution is 7.10. The highest BCUT2D eigenvalue weighted by Crippen LogP contribution is 2.31. The van der Waals surface area contributed by atoms with Crippen molar-refractivity contribution in [2.75, 3.05) is 26.8 Å². The summed E-state index contributed by atoms with van der Waals surface area (Å²) in [5.41, 5.74) is 0. The van der Waals surface area contributed by atoms with Crippen LogP contribution < -0.4 is 4.74 Å². The van der Waals surface area contributed by atoms with E-state index in [-0.39, 0.29) is 6.61 Å². The van der Waals surface area contributed by atoms with Gasteiger partial charge in [-0.15, -0.1) is 11.3 Å². The van der Waals surface area contributed by atoms with Gasteiger partial charge in [0.05, 0.1) is 18.6 Å². The quantitative estimate of drug-likeness (QED) is 0.792. The summed E-state index contributed by atoms with van der Waals surface area (Å²) in [6.07, 6.45) is 2.70. The van der Waals surface area contributed by atoms with E-state index in [1.165, 1.54) is 17.7 Å². The molecule has 1 heterocycles. The number of nitrogens with zero attached hydrogens (tertiary/aromatic N) is 1. The fourth-order valence-corrected chi connectivity index (χ4v) is 2.75. The van der Waals surface area contributed by atoms with Gasteiger partial charge in [-0.2, -0.15) is 0 Å². The van der Waals surface area contributed by atoms with E-state index < -0.39 is 0 Å².